The van der Waals surface area contributed by atoms with Crippen molar-refractivity contribution >= 4 is 32.7 Å². The second-order valence-corrected chi connectivity index (χ2v) is 16.5. The van der Waals surface area contributed by atoms with Gasteiger partial charge in [0.05, 0.1) is 36.7 Å². The number of alkyl halides is 5. The van der Waals surface area contributed by atoms with E-state index in [1.807, 2.05) is 0 Å². The van der Waals surface area contributed by atoms with Gasteiger partial charge in [-0.25, -0.2) is 22.2 Å². The van der Waals surface area contributed by atoms with Crippen LogP contribution in [0, 0.1) is 29.4 Å². The molecule has 1 saturated heterocycles. The SMILES string of the molecule is Cn1nc(NS(C)(=O)=O)c2cccc(-c3ccc(C#CC4(O)COC4)nc3[C@H](Cc3cc(F)cc(F)c3)NC(=O)Cn3nc(C(F)(F)F)c4c3C(F)(F)[C@@H]3CC[C@H]43)c21. The van der Waals surface area contributed by atoms with Crippen molar-refractivity contribution in [2.75, 3.05) is 24.2 Å². The summed E-state index contributed by atoms with van der Waals surface area (Å²) < 4.78 is 136. The zero-order valence-corrected chi connectivity index (χ0v) is 31.3. The molecule has 3 atom stereocenters. The van der Waals surface area contributed by atoms with Crippen molar-refractivity contribution < 1.29 is 53.8 Å². The highest BCUT2D eigenvalue weighted by Gasteiger charge is 2.63. The summed E-state index contributed by atoms with van der Waals surface area (Å²) in [5.41, 5.74) is -3.50. The van der Waals surface area contributed by atoms with E-state index in [4.69, 9.17) is 9.72 Å². The maximum atomic E-state index is 15.6. The fourth-order valence-electron chi connectivity index (χ4n) is 7.91. The number of aromatic nitrogens is 5. The smallest absolute Gasteiger partial charge is 0.373 e. The Kier molecular flexibility index (Phi) is 9.36. The number of rotatable bonds is 9. The minimum atomic E-state index is -5.08. The van der Waals surface area contributed by atoms with Crippen LogP contribution in [-0.4, -0.2) is 69.0 Å². The van der Waals surface area contributed by atoms with Crippen molar-refractivity contribution in [3.05, 3.63) is 94.1 Å². The number of benzene rings is 2. The normalized spacial score (nSPS) is 19.6. The largest absolute Gasteiger partial charge is 0.435 e. The number of aliphatic hydroxyl groups is 1. The molecule has 20 heteroatoms. The van der Waals surface area contributed by atoms with Gasteiger partial charge in [-0.05, 0) is 67.0 Å². The molecule has 3 aromatic heterocycles. The van der Waals surface area contributed by atoms with Gasteiger partial charge in [-0.2, -0.15) is 32.1 Å². The summed E-state index contributed by atoms with van der Waals surface area (Å²) in [6.45, 7) is -1.23. The molecule has 0 spiro atoms. The zero-order chi connectivity index (χ0) is 41.5. The Hall–Kier alpha value is -5.52. The molecule has 4 heterocycles. The summed E-state index contributed by atoms with van der Waals surface area (Å²) in [6, 6.07) is 9.11. The van der Waals surface area contributed by atoms with E-state index in [1.165, 1.54) is 10.7 Å². The average molecular weight is 832 g/mol. The first-order valence-electron chi connectivity index (χ1n) is 17.8. The Bertz CT molecular complexity index is 2660. The van der Waals surface area contributed by atoms with Crippen LogP contribution in [0.25, 0.3) is 22.0 Å². The predicted molar refractivity (Wildman–Crippen MR) is 193 cm³/mol. The summed E-state index contributed by atoms with van der Waals surface area (Å²) in [5.74, 6) is -3.71. The molecule has 3 aliphatic rings. The number of amides is 1. The number of sulfonamides is 1. The van der Waals surface area contributed by atoms with E-state index in [0.29, 0.717) is 27.2 Å². The quantitative estimate of drug-likeness (QED) is 0.134. The Morgan fingerprint density at radius 3 is 2.41 bits per heavy atom. The fourth-order valence-corrected chi connectivity index (χ4v) is 8.41. The number of pyridine rings is 1. The van der Waals surface area contributed by atoms with E-state index in [1.54, 1.807) is 31.3 Å². The van der Waals surface area contributed by atoms with Crippen LogP contribution in [-0.2, 0) is 51.7 Å². The summed E-state index contributed by atoms with van der Waals surface area (Å²) in [7, 11) is -2.24. The highest BCUT2D eigenvalue weighted by atomic mass is 32.2. The lowest BCUT2D eigenvalue weighted by atomic mass is 9.73. The van der Waals surface area contributed by atoms with E-state index in [-0.39, 0.29) is 60.8 Å². The molecule has 1 amide bonds. The standard InChI is InChI=1S/C38H32F7N7O5S/c1-51-32-24(4-3-5-26(32)35(49-51)50-58(2,55)56)23-7-6-22(10-11-36(54)17-57-18-36)46-31(23)28(14-19-12-20(39)15-21(40)13-19)47-29(53)16-52-34-30(33(48-52)38(43,44)45)25-8-9-27(25)37(34,41)42/h3-7,12-13,15,25,27-28,54H,8-9,14,16-18H2,1-2H3,(H,47,53)(H,49,50)/t25-,27+,28-/m0/s1. The van der Waals surface area contributed by atoms with Crippen LogP contribution in [0.1, 0.15) is 58.7 Å². The molecule has 0 radical (unpaired) electrons. The van der Waals surface area contributed by atoms with Crippen LogP contribution in [0.3, 0.4) is 0 Å². The van der Waals surface area contributed by atoms with Gasteiger partial charge < -0.3 is 15.2 Å². The van der Waals surface area contributed by atoms with Crippen molar-refractivity contribution in [3.63, 3.8) is 0 Å². The maximum Gasteiger partial charge on any atom is 0.435 e. The second kappa shape index (κ2) is 13.8. The number of anilines is 1. The van der Waals surface area contributed by atoms with Gasteiger partial charge in [-0.15, -0.1) is 0 Å². The molecule has 12 nitrogen and oxygen atoms in total. The Morgan fingerprint density at radius 2 is 1.79 bits per heavy atom. The topological polar surface area (TPSA) is 153 Å². The van der Waals surface area contributed by atoms with Gasteiger partial charge in [0.2, 0.25) is 15.9 Å². The third-order valence-electron chi connectivity index (χ3n) is 10.5. The minimum absolute atomic E-state index is 0.00181. The fraction of sp³-hybridized carbons (Fsp3) is 0.368. The van der Waals surface area contributed by atoms with Gasteiger partial charge in [0.1, 0.15) is 29.6 Å². The molecule has 8 rings (SSSR count). The molecule has 3 N–H and O–H groups in total. The van der Waals surface area contributed by atoms with Crippen LogP contribution in [0.15, 0.2) is 48.5 Å². The molecule has 58 heavy (non-hydrogen) atoms. The molecule has 0 bridgehead atoms. The molecule has 2 aliphatic carbocycles. The van der Waals surface area contributed by atoms with Crippen molar-refractivity contribution in [2.24, 2.45) is 13.0 Å². The number of fused-ring (bicyclic) bond motifs is 4. The lowest BCUT2D eigenvalue weighted by Gasteiger charge is -2.34. The number of aryl methyl sites for hydroxylation is 1. The Balaban J connectivity index is 1.26. The Morgan fingerprint density at radius 1 is 1.07 bits per heavy atom. The molecule has 1 saturated carbocycles. The van der Waals surface area contributed by atoms with E-state index in [9.17, 15) is 40.3 Å². The van der Waals surface area contributed by atoms with Gasteiger partial charge >= 0.3 is 6.18 Å². The zero-order valence-electron chi connectivity index (χ0n) is 30.5. The molecular formula is C38H32F7N7O5S. The van der Waals surface area contributed by atoms with Crippen LogP contribution in [0.2, 0.25) is 0 Å². The van der Waals surface area contributed by atoms with Crippen molar-refractivity contribution in [3.8, 4) is 23.0 Å². The van der Waals surface area contributed by atoms with E-state index in [2.05, 4.69) is 32.1 Å². The van der Waals surface area contributed by atoms with Crippen molar-refractivity contribution in [1.82, 2.24) is 29.9 Å². The van der Waals surface area contributed by atoms with Crippen LogP contribution >= 0.6 is 0 Å². The monoisotopic (exact) mass is 831 g/mol. The summed E-state index contributed by atoms with van der Waals surface area (Å²) in [5, 5.41) is 21.4. The number of carbonyl (C=O) groups is 1. The van der Waals surface area contributed by atoms with Crippen LogP contribution in [0.4, 0.5) is 36.6 Å². The first-order valence-corrected chi connectivity index (χ1v) is 19.7. The van der Waals surface area contributed by atoms with E-state index in [0.717, 1.165) is 18.4 Å². The first-order chi connectivity index (χ1) is 27.2. The lowest BCUT2D eigenvalue weighted by molar-refractivity contribution is -0.144. The molecule has 304 valence electrons. The van der Waals surface area contributed by atoms with Gasteiger partial charge in [-0.1, -0.05) is 18.1 Å². The summed E-state index contributed by atoms with van der Waals surface area (Å²) >= 11 is 0. The lowest BCUT2D eigenvalue weighted by Crippen LogP contribution is -2.48. The van der Waals surface area contributed by atoms with Gasteiger partial charge in [0.15, 0.2) is 17.1 Å². The number of halogens is 7. The van der Waals surface area contributed by atoms with Crippen LogP contribution < -0.4 is 10.0 Å². The van der Waals surface area contributed by atoms with E-state index < -0.39 is 86.6 Å². The van der Waals surface area contributed by atoms with Crippen LogP contribution in [0.5, 0.6) is 0 Å². The Labute approximate surface area is 325 Å². The first kappa shape index (κ1) is 39.3. The maximum absolute atomic E-state index is 15.6. The molecule has 2 fully saturated rings. The highest BCUT2D eigenvalue weighted by molar-refractivity contribution is 7.92. The number of hydrogen-bond acceptors (Lipinski definition) is 8. The average Bonchev–Trinajstić information content (AvgIpc) is 3.66. The molecular weight excluding hydrogens is 800 g/mol. The van der Waals surface area contributed by atoms with Gasteiger partial charge in [-0.3, -0.25) is 18.9 Å². The number of ether oxygens (including phenoxy) is 1. The minimum Gasteiger partial charge on any atom is -0.373 e. The molecule has 1 aliphatic heterocycles. The predicted octanol–water partition coefficient (Wildman–Crippen LogP) is 5.31. The van der Waals surface area contributed by atoms with Gasteiger partial charge in [0.25, 0.3) is 5.92 Å². The summed E-state index contributed by atoms with van der Waals surface area (Å²) in [4.78, 5) is 18.7. The van der Waals surface area contributed by atoms with Crippen molar-refractivity contribution in [2.45, 2.75) is 55.5 Å². The second-order valence-electron chi connectivity index (χ2n) is 14.7. The number of nitrogens with zero attached hydrogens (tertiary/aromatic N) is 5. The number of para-hydroxylation sites is 1. The third kappa shape index (κ3) is 7.15. The highest BCUT2D eigenvalue weighted by Crippen LogP contribution is 2.64. The molecule has 2 aromatic carbocycles. The van der Waals surface area contributed by atoms with Crippen molar-refractivity contribution in [1.29, 1.82) is 0 Å². The molecule has 5 aromatic rings. The number of carbonyl (C=O) groups excluding carboxylic acids is 1. The summed E-state index contributed by atoms with van der Waals surface area (Å²) in [6.07, 6.45) is -4.42. The third-order valence-corrected chi connectivity index (χ3v) is 11.0. The number of nitrogens with one attached hydrogen (secondary N) is 2. The molecule has 0 unspecified atom stereocenters. The number of hydrogen-bond donors (Lipinski definition) is 3. The van der Waals surface area contributed by atoms with Gasteiger partial charge in [0, 0.05) is 41.1 Å². The van der Waals surface area contributed by atoms with E-state index >= 15 is 8.78 Å².